The van der Waals surface area contributed by atoms with Gasteiger partial charge < -0.3 is 30.7 Å². The lowest BCUT2D eigenvalue weighted by molar-refractivity contribution is -0.125. The quantitative estimate of drug-likeness (QED) is 0.152. The molecule has 1 spiro atoms. The van der Waals surface area contributed by atoms with Gasteiger partial charge in [-0.2, -0.15) is 0 Å². The number of rotatable bonds is 10. The molecule has 0 unspecified atom stereocenters. The Kier molecular flexibility index (Phi) is 12.9. The van der Waals surface area contributed by atoms with E-state index < -0.39 is 0 Å². The summed E-state index contributed by atoms with van der Waals surface area (Å²) in [6.07, 6.45) is 5.20. The minimum absolute atomic E-state index is 0.0125. The first kappa shape index (κ1) is 46.0. The maximum Gasteiger partial charge on any atom is 0.335 e. The molecular formula is C52H48N12O6. The zero-order chi connectivity index (χ0) is 48.9. The molecule has 0 radical (unpaired) electrons. The third-order valence-electron chi connectivity index (χ3n) is 12.5. The fourth-order valence-electron chi connectivity index (χ4n) is 9.06. The number of likely N-dealkylation sites (N-methyl/N-ethyl adjacent to an activating group) is 1. The van der Waals surface area contributed by atoms with Crippen LogP contribution in [0.1, 0.15) is 39.2 Å². The van der Waals surface area contributed by atoms with Crippen LogP contribution in [0.3, 0.4) is 0 Å². The van der Waals surface area contributed by atoms with Crippen LogP contribution < -0.4 is 32.3 Å². The van der Waals surface area contributed by atoms with Crippen molar-refractivity contribution in [1.29, 1.82) is 0 Å². The van der Waals surface area contributed by atoms with E-state index in [1.54, 1.807) is 54.3 Å². The van der Waals surface area contributed by atoms with E-state index in [0.717, 1.165) is 25.0 Å². The molecule has 0 atom stereocenters. The number of carbonyl (C=O) groups is 2. The summed E-state index contributed by atoms with van der Waals surface area (Å²) in [5.74, 6) is 13.1. The Bertz CT molecular complexity index is 3480. The molecule has 10 rings (SSSR count). The van der Waals surface area contributed by atoms with Crippen molar-refractivity contribution < 1.29 is 19.1 Å². The number of nitrogens with two attached hydrogens (primary N) is 2. The lowest BCUT2D eigenvalue weighted by atomic mass is 9.65. The maximum absolute atomic E-state index is 13.8. The molecule has 70 heavy (non-hydrogen) atoms. The number of hydrogen-bond acceptors (Lipinski definition) is 12. The van der Waals surface area contributed by atoms with Crippen molar-refractivity contribution in [2.45, 2.75) is 45.7 Å². The second-order valence-corrected chi connectivity index (χ2v) is 17.0. The number of carbonyl (C=O) groups excluding carboxylic acids is 2. The van der Waals surface area contributed by atoms with Gasteiger partial charge >= 0.3 is 11.4 Å². The fourth-order valence-corrected chi connectivity index (χ4v) is 9.06. The predicted molar refractivity (Wildman–Crippen MR) is 265 cm³/mol. The van der Waals surface area contributed by atoms with Crippen LogP contribution >= 0.6 is 0 Å². The molecule has 2 fully saturated rings. The minimum atomic E-state index is -0.337. The van der Waals surface area contributed by atoms with Gasteiger partial charge in [0.25, 0.3) is 11.8 Å². The van der Waals surface area contributed by atoms with E-state index in [1.165, 1.54) is 26.7 Å². The molecule has 4 N–H and O–H groups in total. The highest BCUT2D eigenvalue weighted by molar-refractivity contribution is 5.94. The number of benzene rings is 4. The molecular weight excluding hydrogens is 889 g/mol. The number of amides is 2. The molecule has 0 bridgehead atoms. The van der Waals surface area contributed by atoms with Crippen molar-refractivity contribution in [3.63, 3.8) is 0 Å². The second-order valence-electron chi connectivity index (χ2n) is 17.0. The molecule has 1 saturated carbocycles. The van der Waals surface area contributed by atoms with E-state index in [0.29, 0.717) is 64.0 Å². The van der Waals surface area contributed by atoms with Crippen molar-refractivity contribution in [2.24, 2.45) is 5.41 Å². The molecule has 2 aliphatic rings. The van der Waals surface area contributed by atoms with E-state index in [-0.39, 0.29) is 59.4 Å². The highest BCUT2D eigenvalue weighted by Crippen LogP contribution is 2.54. The molecule has 5 heterocycles. The van der Waals surface area contributed by atoms with Crippen molar-refractivity contribution in [3.05, 3.63) is 143 Å². The molecule has 4 aromatic heterocycles. The number of nitrogen functional groups attached to an aromatic ring is 2. The number of ether oxygens (including phenoxy) is 2. The van der Waals surface area contributed by atoms with Gasteiger partial charge in [0.2, 0.25) is 0 Å². The SMILES string of the molecule is CC#CC(=O)N(C)CCn1c(=O)n(-c2ccc(Oc3ccccc3)cc2)c2c(N)ncnc21.CC#CC(=O)N1CCC2(CC(n3c(=O)n(-c4ccc(Oc5ccccc5)cc4)c4c(N)ncnc43)C2)C1. The predicted octanol–water partition coefficient (Wildman–Crippen LogP) is 5.97. The van der Waals surface area contributed by atoms with Gasteiger partial charge in [-0.15, -0.1) is 0 Å². The van der Waals surface area contributed by atoms with Crippen molar-refractivity contribution in [3.8, 4) is 58.1 Å². The van der Waals surface area contributed by atoms with Crippen LogP contribution in [0.2, 0.25) is 0 Å². The first-order chi connectivity index (χ1) is 34.0. The normalized spacial score (nSPS) is 15.8. The highest BCUT2D eigenvalue weighted by Gasteiger charge is 2.51. The lowest BCUT2D eigenvalue weighted by Crippen LogP contribution is -2.44. The molecule has 1 saturated heterocycles. The van der Waals surface area contributed by atoms with Gasteiger partial charge in [-0.25, -0.2) is 29.5 Å². The molecule has 8 aromatic rings. The van der Waals surface area contributed by atoms with E-state index >= 15 is 0 Å². The Morgan fingerprint density at radius 3 is 1.73 bits per heavy atom. The smallest absolute Gasteiger partial charge is 0.335 e. The molecule has 18 heteroatoms. The van der Waals surface area contributed by atoms with Crippen LogP contribution in [0.4, 0.5) is 11.6 Å². The van der Waals surface area contributed by atoms with Gasteiger partial charge in [-0.1, -0.05) is 48.2 Å². The van der Waals surface area contributed by atoms with E-state index in [9.17, 15) is 19.2 Å². The average molecular weight is 937 g/mol. The second kappa shape index (κ2) is 19.6. The van der Waals surface area contributed by atoms with E-state index in [2.05, 4.69) is 43.6 Å². The van der Waals surface area contributed by atoms with Gasteiger partial charge in [0.05, 0.1) is 11.4 Å². The van der Waals surface area contributed by atoms with Crippen molar-refractivity contribution in [1.82, 2.24) is 48.0 Å². The topological polar surface area (TPSA) is 217 Å². The van der Waals surface area contributed by atoms with Crippen LogP contribution in [0, 0.1) is 29.1 Å². The van der Waals surface area contributed by atoms with Crippen LogP contribution in [0.15, 0.2) is 131 Å². The van der Waals surface area contributed by atoms with Gasteiger partial charge in [-0.3, -0.25) is 27.9 Å². The van der Waals surface area contributed by atoms with Gasteiger partial charge in [-0.05, 0) is 123 Å². The number of likely N-dealkylation sites (tertiary alicyclic amines) is 1. The summed E-state index contributed by atoms with van der Waals surface area (Å²) in [5.41, 5.74) is 14.9. The zero-order valence-corrected chi connectivity index (χ0v) is 38.7. The first-order valence-electron chi connectivity index (χ1n) is 22.5. The Morgan fingerprint density at radius 1 is 0.686 bits per heavy atom. The Labute approximate surface area is 401 Å². The van der Waals surface area contributed by atoms with Crippen LogP contribution in [0.5, 0.6) is 23.0 Å². The van der Waals surface area contributed by atoms with Crippen LogP contribution in [0.25, 0.3) is 33.7 Å². The summed E-state index contributed by atoms with van der Waals surface area (Å²) in [5, 5.41) is 0. The maximum atomic E-state index is 13.8. The molecule has 1 aliphatic carbocycles. The summed E-state index contributed by atoms with van der Waals surface area (Å²) < 4.78 is 18.0. The van der Waals surface area contributed by atoms with Gasteiger partial charge in [0.15, 0.2) is 22.9 Å². The number of nitrogens with zero attached hydrogens (tertiary/aromatic N) is 10. The Hall–Kier alpha value is -9.16. The van der Waals surface area contributed by atoms with E-state index in [1.807, 2.05) is 89.8 Å². The third kappa shape index (κ3) is 9.13. The van der Waals surface area contributed by atoms with Crippen LogP contribution in [-0.2, 0) is 16.1 Å². The summed E-state index contributed by atoms with van der Waals surface area (Å²) in [6, 6.07) is 33.3. The third-order valence-corrected chi connectivity index (χ3v) is 12.5. The standard InChI is InChI=1S/C28H26N6O3.C24H22N6O3/c1-2-6-23(35)32-14-13-28(17-32)15-20(16-28)34-26-24(25(29)30-18-31-26)33(27(34)36)19-9-11-22(12-10-19)37-21-7-4-3-5-8-21;1-3-7-20(31)28(2)14-15-29-23-21(22(25)26-16-27-23)30(24(29)32)17-10-12-19(13-11-17)33-18-8-5-4-6-9-18/h3-5,7-12,18,20H,13-17H2,1H3,(H2,29,30,31);4-6,8-13,16H,14-15H2,1-2H3,(H2,25,26,27). The number of para-hydroxylation sites is 2. The largest absolute Gasteiger partial charge is 0.457 e. The average Bonchev–Trinajstić information content (AvgIpc) is 4.03. The zero-order valence-electron chi connectivity index (χ0n) is 38.7. The monoisotopic (exact) mass is 936 g/mol. The first-order valence-corrected chi connectivity index (χ1v) is 22.5. The molecule has 1 aliphatic heterocycles. The van der Waals surface area contributed by atoms with Crippen LogP contribution in [-0.4, -0.2) is 86.5 Å². The Balaban J connectivity index is 0.000000175. The number of aromatic nitrogens is 8. The number of imidazole rings is 2. The summed E-state index contributed by atoms with van der Waals surface area (Å²) in [4.78, 5) is 71.6. The lowest BCUT2D eigenvalue weighted by Gasteiger charge is -2.45. The van der Waals surface area contributed by atoms with Gasteiger partial charge in [0, 0.05) is 39.3 Å². The number of hydrogen-bond donors (Lipinski definition) is 2. The molecule has 18 nitrogen and oxygen atoms in total. The Morgan fingerprint density at radius 2 is 1.19 bits per heavy atom. The highest BCUT2D eigenvalue weighted by atomic mass is 16.5. The number of anilines is 2. The van der Waals surface area contributed by atoms with Gasteiger partial charge in [0.1, 0.15) is 46.7 Å². The summed E-state index contributed by atoms with van der Waals surface area (Å²) in [6.45, 7) is 5.14. The minimum Gasteiger partial charge on any atom is -0.457 e. The van der Waals surface area contributed by atoms with Crippen molar-refractivity contribution >= 4 is 45.8 Å². The fraction of sp³-hybridized carbons (Fsp3) is 0.231. The summed E-state index contributed by atoms with van der Waals surface area (Å²) >= 11 is 0. The number of fused-ring (bicyclic) bond motifs is 2. The molecule has 352 valence electrons. The summed E-state index contributed by atoms with van der Waals surface area (Å²) in [7, 11) is 1.63. The van der Waals surface area contributed by atoms with Crippen molar-refractivity contribution in [2.75, 3.05) is 38.1 Å². The van der Waals surface area contributed by atoms with E-state index in [4.69, 9.17) is 20.9 Å². The molecule has 2 amide bonds. The molecule has 4 aromatic carbocycles.